The van der Waals surface area contributed by atoms with Gasteiger partial charge in [0, 0.05) is 19.1 Å². The fourth-order valence-corrected chi connectivity index (χ4v) is 3.31. The lowest BCUT2D eigenvalue weighted by atomic mass is 9.75. The summed E-state index contributed by atoms with van der Waals surface area (Å²) in [4.78, 5) is 13.2. The quantitative estimate of drug-likeness (QED) is 0.800. The van der Waals surface area contributed by atoms with Crippen molar-refractivity contribution in [3.8, 4) is 0 Å². The van der Waals surface area contributed by atoms with Gasteiger partial charge in [0.05, 0.1) is 5.92 Å². The summed E-state index contributed by atoms with van der Waals surface area (Å²) in [5.41, 5.74) is 0. The van der Waals surface area contributed by atoms with Crippen LogP contribution in [0.25, 0.3) is 0 Å². The summed E-state index contributed by atoms with van der Waals surface area (Å²) in [6.45, 7) is 6.17. The van der Waals surface area contributed by atoms with Crippen LogP contribution in [0.2, 0.25) is 0 Å². The Morgan fingerprint density at radius 2 is 1.88 bits per heavy atom. The van der Waals surface area contributed by atoms with E-state index >= 15 is 0 Å². The summed E-state index contributed by atoms with van der Waals surface area (Å²) in [7, 11) is 0. The molecular formula is C13H23NO2. The predicted octanol–water partition coefficient (Wildman–Crippen LogP) is 2.22. The molecule has 0 aromatic carbocycles. The molecule has 0 amide bonds. The second-order valence-corrected chi connectivity index (χ2v) is 5.75. The van der Waals surface area contributed by atoms with Crippen molar-refractivity contribution in [1.82, 2.24) is 4.90 Å². The highest BCUT2D eigenvalue weighted by Gasteiger charge is 2.40. The highest BCUT2D eigenvalue weighted by Crippen LogP contribution is 2.36. The third kappa shape index (κ3) is 2.24. The van der Waals surface area contributed by atoms with Crippen LogP contribution in [0.15, 0.2) is 0 Å². The van der Waals surface area contributed by atoms with Crippen LogP contribution in [0, 0.1) is 17.8 Å². The molecule has 1 saturated heterocycles. The lowest BCUT2D eigenvalue weighted by molar-refractivity contribution is -0.150. The molecule has 2 unspecified atom stereocenters. The van der Waals surface area contributed by atoms with E-state index in [1.807, 2.05) is 0 Å². The zero-order valence-corrected chi connectivity index (χ0v) is 10.4. The molecule has 1 saturated carbocycles. The first kappa shape index (κ1) is 11.9. The van der Waals surface area contributed by atoms with Crippen molar-refractivity contribution in [1.29, 1.82) is 0 Å². The molecule has 3 heteroatoms. The van der Waals surface area contributed by atoms with Crippen LogP contribution in [0.4, 0.5) is 0 Å². The van der Waals surface area contributed by atoms with E-state index in [1.54, 1.807) is 0 Å². The minimum absolute atomic E-state index is 0.102. The fourth-order valence-electron chi connectivity index (χ4n) is 3.31. The number of carbonyl (C=O) groups is 1. The lowest BCUT2D eigenvalue weighted by Crippen LogP contribution is -2.58. The third-order valence-electron chi connectivity index (χ3n) is 4.37. The molecular weight excluding hydrogens is 202 g/mol. The number of hydrogen-bond donors (Lipinski definition) is 1. The maximum Gasteiger partial charge on any atom is 0.309 e. The normalized spacial score (nSPS) is 32.7. The highest BCUT2D eigenvalue weighted by molar-refractivity contribution is 5.71. The average Bonchev–Trinajstić information content (AvgIpc) is 2.15. The molecule has 1 N–H and O–H groups in total. The monoisotopic (exact) mass is 225 g/mol. The minimum Gasteiger partial charge on any atom is -0.481 e. The Morgan fingerprint density at radius 1 is 1.25 bits per heavy atom. The van der Waals surface area contributed by atoms with Crippen LogP contribution in [-0.2, 0) is 4.79 Å². The minimum atomic E-state index is -0.617. The Balaban J connectivity index is 1.90. The van der Waals surface area contributed by atoms with Crippen LogP contribution in [0.3, 0.4) is 0 Å². The SMILES string of the molecule is CC(C)C1CCCCC1N1CC(C(=O)O)C1. The maximum absolute atomic E-state index is 10.8. The number of likely N-dealkylation sites (tertiary alicyclic amines) is 1. The Morgan fingerprint density at radius 3 is 2.44 bits per heavy atom. The number of nitrogens with zero attached hydrogens (tertiary/aromatic N) is 1. The first-order chi connectivity index (χ1) is 7.59. The molecule has 2 rings (SSSR count). The van der Waals surface area contributed by atoms with Gasteiger partial charge >= 0.3 is 5.97 Å². The van der Waals surface area contributed by atoms with E-state index in [2.05, 4.69) is 18.7 Å². The fraction of sp³-hybridized carbons (Fsp3) is 0.923. The van der Waals surface area contributed by atoms with Crippen LogP contribution in [-0.4, -0.2) is 35.1 Å². The van der Waals surface area contributed by atoms with Gasteiger partial charge in [-0.3, -0.25) is 9.69 Å². The molecule has 1 heterocycles. The molecule has 92 valence electrons. The number of rotatable bonds is 3. The Bertz CT molecular complexity index is 259. The summed E-state index contributed by atoms with van der Waals surface area (Å²) < 4.78 is 0. The van der Waals surface area contributed by atoms with Gasteiger partial charge < -0.3 is 5.11 Å². The summed E-state index contributed by atoms with van der Waals surface area (Å²) in [6, 6.07) is 0.657. The third-order valence-corrected chi connectivity index (χ3v) is 4.37. The van der Waals surface area contributed by atoms with E-state index in [1.165, 1.54) is 25.7 Å². The van der Waals surface area contributed by atoms with Crippen LogP contribution >= 0.6 is 0 Å². The first-order valence-corrected chi connectivity index (χ1v) is 6.56. The summed E-state index contributed by atoms with van der Waals surface area (Å²) >= 11 is 0. The van der Waals surface area contributed by atoms with Crippen LogP contribution < -0.4 is 0 Å². The van der Waals surface area contributed by atoms with Crippen molar-refractivity contribution < 1.29 is 9.90 Å². The van der Waals surface area contributed by atoms with Gasteiger partial charge in [-0.15, -0.1) is 0 Å². The lowest BCUT2D eigenvalue weighted by Gasteiger charge is -2.48. The van der Waals surface area contributed by atoms with E-state index in [9.17, 15) is 4.79 Å². The zero-order chi connectivity index (χ0) is 11.7. The maximum atomic E-state index is 10.8. The van der Waals surface area contributed by atoms with Crippen molar-refractivity contribution >= 4 is 5.97 Å². The zero-order valence-electron chi connectivity index (χ0n) is 10.4. The molecule has 1 aliphatic heterocycles. The Kier molecular flexibility index (Phi) is 3.53. The van der Waals surface area contributed by atoms with E-state index in [0.29, 0.717) is 6.04 Å². The van der Waals surface area contributed by atoms with Crippen molar-refractivity contribution in [2.24, 2.45) is 17.8 Å². The Labute approximate surface area is 97.8 Å². The molecule has 0 aromatic heterocycles. The number of aliphatic carboxylic acids is 1. The van der Waals surface area contributed by atoms with Crippen LogP contribution in [0.1, 0.15) is 39.5 Å². The van der Waals surface area contributed by atoms with Gasteiger partial charge in [-0.1, -0.05) is 26.7 Å². The molecule has 0 bridgehead atoms. The van der Waals surface area contributed by atoms with Gasteiger partial charge in [0.15, 0.2) is 0 Å². The summed E-state index contributed by atoms with van der Waals surface area (Å²) in [6.07, 6.45) is 5.28. The van der Waals surface area contributed by atoms with Crippen molar-refractivity contribution in [2.45, 2.75) is 45.6 Å². The molecule has 2 fully saturated rings. The molecule has 1 aliphatic carbocycles. The summed E-state index contributed by atoms with van der Waals surface area (Å²) in [5.74, 6) is 0.792. The van der Waals surface area contributed by atoms with E-state index < -0.39 is 5.97 Å². The largest absolute Gasteiger partial charge is 0.481 e. The molecule has 0 radical (unpaired) electrons. The van der Waals surface area contributed by atoms with Crippen LogP contribution in [0.5, 0.6) is 0 Å². The van der Waals surface area contributed by atoms with Gasteiger partial charge in [-0.05, 0) is 24.7 Å². The Hall–Kier alpha value is -0.570. The van der Waals surface area contributed by atoms with Crippen molar-refractivity contribution in [3.05, 3.63) is 0 Å². The molecule has 0 spiro atoms. The van der Waals surface area contributed by atoms with Gasteiger partial charge in [0.1, 0.15) is 0 Å². The van der Waals surface area contributed by atoms with E-state index in [4.69, 9.17) is 5.11 Å². The number of carboxylic acids is 1. The highest BCUT2D eigenvalue weighted by atomic mass is 16.4. The number of carboxylic acid groups (broad SMARTS) is 1. The summed E-state index contributed by atoms with van der Waals surface area (Å²) in [5, 5.41) is 8.90. The van der Waals surface area contributed by atoms with E-state index in [-0.39, 0.29) is 5.92 Å². The van der Waals surface area contributed by atoms with Gasteiger partial charge in [0.2, 0.25) is 0 Å². The molecule has 0 aromatic rings. The van der Waals surface area contributed by atoms with Gasteiger partial charge in [-0.2, -0.15) is 0 Å². The van der Waals surface area contributed by atoms with Gasteiger partial charge in [-0.25, -0.2) is 0 Å². The smallest absolute Gasteiger partial charge is 0.309 e. The molecule has 2 aliphatic rings. The van der Waals surface area contributed by atoms with Crippen molar-refractivity contribution in [2.75, 3.05) is 13.1 Å². The van der Waals surface area contributed by atoms with Crippen molar-refractivity contribution in [3.63, 3.8) is 0 Å². The molecule has 2 atom stereocenters. The first-order valence-electron chi connectivity index (χ1n) is 6.56. The average molecular weight is 225 g/mol. The van der Waals surface area contributed by atoms with E-state index in [0.717, 1.165) is 24.9 Å². The standard InChI is InChI=1S/C13H23NO2/c1-9(2)11-5-3-4-6-12(11)14-7-10(8-14)13(15)16/h9-12H,3-8H2,1-2H3,(H,15,16). The molecule has 3 nitrogen and oxygen atoms in total. The number of hydrogen-bond acceptors (Lipinski definition) is 2. The molecule has 16 heavy (non-hydrogen) atoms. The topological polar surface area (TPSA) is 40.5 Å². The second kappa shape index (κ2) is 4.74. The predicted molar refractivity (Wildman–Crippen MR) is 63.3 cm³/mol. The second-order valence-electron chi connectivity index (χ2n) is 5.75. The van der Waals surface area contributed by atoms with Gasteiger partial charge in [0.25, 0.3) is 0 Å².